The topological polar surface area (TPSA) is 131 Å². The molecule has 3 N–H and O–H groups in total. The summed E-state index contributed by atoms with van der Waals surface area (Å²) in [6.45, 7) is 0. The molecule has 0 saturated carbocycles. The number of aromatic nitrogens is 4. The number of nitrogens with zero attached hydrogens (tertiary/aromatic N) is 4. The Bertz CT molecular complexity index is 1020. The Morgan fingerprint density at radius 2 is 1.56 bits per heavy atom. The molecular formula is C17H16N6O4. The van der Waals surface area contributed by atoms with Gasteiger partial charge in [-0.2, -0.15) is 10.2 Å². The van der Waals surface area contributed by atoms with E-state index < -0.39 is 11.9 Å². The second kappa shape index (κ2) is 7.12. The van der Waals surface area contributed by atoms with Crippen molar-refractivity contribution in [2.45, 2.75) is 0 Å². The molecule has 10 nitrogen and oxygen atoms in total. The van der Waals surface area contributed by atoms with E-state index in [9.17, 15) is 19.5 Å². The van der Waals surface area contributed by atoms with E-state index >= 15 is 0 Å². The summed E-state index contributed by atoms with van der Waals surface area (Å²) in [5.41, 5.74) is 1.00. The third-order valence-electron chi connectivity index (χ3n) is 3.73. The summed E-state index contributed by atoms with van der Waals surface area (Å²) < 4.78 is 2.64. The van der Waals surface area contributed by atoms with E-state index in [-0.39, 0.29) is 22.9 Å². The van der Waals surface area contributed by atoms with Crippen molar-refractivity contribution in [2.75, 3.05) is 10.6 Å². The molecule has 0 radical (unpaired) electrons. The molecule has 27 heavy (non-hydrogen) atoms. The minimum Gasteiger partial charge on any atom is -0.477 e. The first kappa shape index (κ1) is 17.9. The van der Waals surface area contributed by atoms with E-state index in [1.165, 1.54) is 17.9 Å². The summed E-state index contributed by atoms with van der Waals surface area (Å²) in [4.78, 5) is 35.6. The zero-order valence-corrected chi connectivity index (χ0v) is 14.5. The predicted octanol–water partition coefficient (Wildman–Crippen LogP) is 1.36. The van der Waals surface area contributed by atoms with Gasteiger partial charge in [0.15, 0.2) is 11.4 Å². The minimum absolute atomic E-state index is 0.0440. The summed E-state index contributed by atoms with van der Waals surface area (Å²) >= 11 is 0. The number of carbonyl (C=O) groups is 3. The van der Waals surface area contributed by atoms with Gasteiger partial charge in [0.2, 0.25) is 0 Å². The van der Waals surface area contributed by atoms with Gasteiger partial charge in [0.25, 0.3) is 11.8 Å². The van der Waals surface area contributed by atoms with Crippen LogP contribution >= 0.6 is 0 Å². The van der Waals surface area contributed by atoms with Gasteiger partial charge in [0.1, 0.15) is 0 Å². The van der Waals surface area contributed by atoms with Crippen LogP contribution in [-0.2, 0) is 14.1 Å². The third-order valence-corrected chi connectivity index (χ3v) is 3.73. The molecule has 0 saturated heterocycles. The van der Waals surface area contributed by atoms with E-state index in [0.717, 1.165) is 4.68 Å². The highest BCUT2D eigenvalue weighted by Gasteiger charge is 2.21. The zero-order valence-electron chi connectivity index (χ0n) is 14.5. The Labute approximate surface area is 153 Å². The molecule has 3 rings (SSSR count). The maximum atomic E-state index is 12.3. The van der Waals surface area contributed by atoms with Gasteiger partial charge < -0.3 is 15.7 Å². The van der Waals surface area contributed by atoms with Gasteiger partial charge in [-0.15, -0.1) is 0 Å². The molecule has 1 aromatic carbocycles. The van der Waals surface area contributed by atoms with Crippen molar-refractivity contribution in [3.63, 3.8) is 0 Å². The fourth-order valence-corrected chi connectivity index (χ4v) is 2.42. The van der Waals surface area contributed by atoms with Crippen LogP contribution in [-0.4, -0.2) is 42.5 Å². The van der Waals surface area contributed by atoms with Crippen LogP contribution < -0.4 is 10.6 Å². The summed E-state index contributed by atoms with van der Waals surface area (Å²) in [5, 5.41) is 22.3. The fraction of sp³-hybridized carbons (Fsp3) is 0.118. The van der Waals surface area contributed by atoms with Crippen molar-refractivity contribution in [1.82, 2.24) is 19.6 Å². The number of aromatic carboxylic acids is 1. The Kier molecular flexibility index (Phi) is 4.71. The number of amides is 2. The summed E-state index contributed by atoms with van der Waals surface area (Å²) in [5.74, 6) is -2.19. The number of carboxylic acid groups (broad SMARTS) is 1. The van der Waals surface area contributed by atoms with Crippen LogP contribution in [0.25, 0.3) is 0 Å². The van der Waals surface area contributed by atoms with Gasteiger partial charge in [-0.05, 0) is 30.3 Å². The highest BCUT2D eigenvalue weighted by atomic mass is 16.4. The Morgan fingerprint density at radius 1 is 0.963 bits per heavy atom. The third kappa shape index (κ3) is 3.84. The molecule has 0 aliphatic carbocycles. The lowest BCUT2D eigenvalue weighted by atomic mass is 10.2. The van der Waals surface area contributed by atoms with Gasteiger partial charge >= 0.3 is 5.97 Å². The molecule has 138 valence electrons. The fourth-order valence-electron chi connectivity index (χ4n) is 2.42. The average molecular weight is 368 g/mol. The Morgan fingerprint density at radius 3 is 2.07 bits per heavy atom. The van der Waals surface area contributed by atoms with Crippen LogP contribution in [0.4, 0.5) is 11.4 Å². The normalized spacial score (nSPS) is 10.4. The highest BCUT2D eigenvalue weighted by molar-refractivity contribution is 6.10. The number of hydrogen-bond donors (Lipinski definition) is 3. The SMILES string of the molecule is Cn1ccc(C(=O)Nc2ccc(NC(=O)c3cnn(C)c3C(=O)O)cc2)n1. The van der Waals surface area contributed by atoms with Gasteiger partial charge in [-0.1, -0.05) is 0 Å². The molecule has 0 aliphatic heterocycles. The van der Waals surface area contributed by atoms with E-state index in [4.69, 9.17) is 0 Å². The number of carbonyl (C=O) groups excluding carboxylic acids is 2. The van der Waals surface area contributed by atoms with Crippen LogP contribution in [0.3, 0.4) is 0 Å². The van der Waals surface area contributed by atoms with E-state index in [2.05, 4.69) is 20.8 Å². The second-order valence-corrected chi connectivity index (χ2v) is 5.70. The van der Waals surface area contributed by atoms with Crippen LogP contribution in [0.15, 0.2) is 42.7 Å². The first-order valence-electron chi connectivity index (χ1n) is 7.83. The van der Waals surface area contributed by atoms with Crippen molar-refractivity contribution in [1.29, 1.82) is 0 Å². The Balaban J connectivity index is 1.68. The van der Waals surface area contributed by atoms with E-state index in [1.54, 1.807) is 43.6 Å². The van der Waals surface area contributed by atoms with Crippen molar-refractivity contribution in [2.24, 2.45) is 14.1 Å². The molecule has 0 bridgehead atoms. The largest absolute Gasteiger partial charge is 0.477 e. The molecule has 0 spiro atoms. The van der Waals surface area contributed by atoms with Gasteiger partial charge in [0.05, 0.1) is 11.8 Å². The van der Waals surface area contributed by atoms with E-state index in [1.807, 2.05) is 0 Å². The molecule has 10 heteroatoms. The number of hydrogen-bond acceptors (Lipinski definition) is 5. The van der Waals surface area contributed by atoms with Crippen molar-refractivity contribution >= 4 is 29.2 Å². The number of anilines is 2. The quantitative estimate of drug-likeness (QED) is 0.623. The lowest BCUT2D eigenvalue weighted by Gasteiger charge is -2.07. The molecule has 2 aromatic heterocycles. The molecule has 0 unspecified atom stereocenters. The number of carboxylic acids is 1. The average Bonchev–Trinajstić information content (AvgIpc) is 3.22. The Hall–Kier alpha value is -3.95. The number of rotatable bonds is 5. The van der Waals surface area contributed by atoms with Crippen LogP contribution in [0.5, 0.6) is 0 Å². The summed E-state index contributed by atoms with van der Waals surface area (Å²) in [6, 6.07) is 7.99. The monoisotopic (exact) mass is 368 g/mol. The maximum Gasteiger partial charge on any atom is 0.354 e. The van der Waals surface area contributed by atoms with Crippen LogP contribution in [0.2, 0.25) is 0 Å². The first-order valence-corrected chi connectivity index (χ1v) is 7.83. The minimum atomic E-state index is -1.24. The lowest BCUT2D eigenvalue weighted by Crippen LogP contribution is -2.17. The lowest BCUT2D eigenvalue weighted by molar-refractivity contribution is 0.0680. The predicted molar refractivity (Wildman–Crippen MR) is 95.7 cm³/mol. The highest BCUT2D eigenvalue weighted by Crippen LogP contribution is 2.16. The summed E-state index contributed by atoms with van der Waals surface area (Å²) in [7, 11) is 3.16. The molecule has 3 aromatic rings. The van der Waals surface area contributed by atoms with Crippen molar-refractivity contribution in [3.05, 3.63) is 59.7 Å². The number of nitrogens with one attached hydrogen (secondary N) is 2. The summed E-state index contributed by atoms with van der Waals surface area (Å²) in [6.07, 6.45) is 2.86. The number of aryl methyl sites for hydroxylation is 2. The van der Waals surface area contributed by atoms with Crippen molar-refractivity contribution in [3.8, 4) is 0 Å². The van der Waals surface area contributed by atoms with Crippen LogP contribution in [0.1, 0.15) is 31.3 Å². The maximum absolute atomic E-state index is 12.3. The molecule has 0 fully saturated rings. The molecule has 0 atom stereocenters. The molecule has 2 heterocycles. The number of benzene rings is 1. The van der Waals surface area contributed by atoms with Crippen molar-refractivity contribution < 1.29 is 19.5 Å². The van der Waals surface area contributed by atoms with Crippen LogP contribution in [0, 0.1) is 0 Å². The molecule has 2 amide bonds. The smallest absolute Gasteiger partial charge is 0.354 e. The van der Waals surface area contributed by atoms with Gasteiger partial charge in [-0.3, -0.25) is 19.0 Å². The first-order chi connectivity index (χ1) is 12.8. The second-order valence-electron chi connectivity index (χ2n) is 5.70. The van der Waals surface area contributed by atoms with Gasteiger partial charge in [0, 0.05) is 31.7 Å². The van der Waals surface area contributed by atoms with Gasteiger partial charge in [-0.25, -0.2) is 4.79 Å². The standard InChI is InChI=1S/C17H16N6O4/c1-22-8-7-13(21-22)16(25)20-11-5-3-10(4-6-11)19-15(24)12-9-18-23(2)14(12)17(26)27/h3-9H,1-2H3,(H,19,24)(H,20,25)(H,26,27). The van der Waals surface area contributed by atoms with E-state index in [0.29, 0.717) is 11.4 Å². The molecular weight excluding hydrogens is 352 g/mol. The zero-order chi connectivity index (χ0) is 19.6. The molecule has 0 aliphatic rings.